The van der Waals surface area contributed by atoms with Crippen LogP contribution in [0.2, 0.25) is 0 Å². The maximum atomic E-state index is 9.33. The topological polar surface area (TPSA) is 49.7 Å². The van der Waals surface area contributed by atoms with Gasteiger partial charge in [-0.3, -0.25) is 0 Å². The average Bonchev–Trinajstić information content (AvgIpc) is 2.42. The molecule has 0 amide bonds. The van der Waals surface area contributed by atoms with Crippen LogP contribution in [0.25, 0.3) is 0 Å². The van der Waals surface area contributed by atoms with Crippen LogP contribution in [-0.4, -0.2) is 10.2 Å². The van der Waals surface area contributed by atoms with E-state index < -0.39 is 0 Å². The van der Waals surface area contributed by atoms with Crippen LogP contribution in [0.4, 0.5) is 0 Å². The summed E-state index contributed by atoms with van der Waals surface area (Å²) in [5, 5.41) is 18.7. The number of benzene rings is 2. The number of hydrogen-bond acceptors (Lipinski definition) is 3. The fraction of sp³-hybridized carbons (Fsp3) is 0.143. The van der Waals surface area contributed by atoms with Crippen molar-refractivity contribution in [3.05, 3.63) is 56.5 Å². The van der Waals surface area contributed by atoms with Crippen molar-refractivity contribution in [2.24, 2.45) is 0 Å². The number of aliphatic hydroxyl groups excluding tert-OH is 2. The quantitative estimate of drug-likeness (QED) is 0.833. The summed E-state index contributed by atoms with van der Waals surface area (Å²) in [5.74, 6) is 1.14. The molecule has 0 fully saturated rings. The first-order valence-corrected chi connectivity index (χ1v) is 7.19. The molecule has 0 bridgehead atoms. The lowest BCUT2D eigenvalue weighted by Gasteiger charge is -2.13. The molecule has 100 valence electrons. The molecule has 2 rings (SSSR count). The van der Waals surface area contributed by atoms with E-state index in [2.05, 4.69) is 31.9 Å². The fourth-order valence-corrected chi connectivity index (χ4v) is 2.48. The molecule has 0 aliphatic heterocycles. The second-order valence-corrected chi connectivity index (χ2v) is 5.75. The van der Waals surface area contributed by atoms with Crippen LogP contribution in [0, 0.1) is 0 Å². The van der Waals surface area contributed by atoms with Gasteiger partial charge in [0.2, 0.25) is 0 Å². The van der Waals surface area contributed by atoms with Crippen molar-refractivity contribution in [1.29, 1.82) is 0 Å². The molecule has 0 aliphatic carbocycles. The highest BCUT2D eigenvalue weighted by molar-refractivity contribution is 9.10. The van der Waals surface area contributed by atoms with E-state index in [0.29, 0.717) is 22.6 Å². The average molecular weight is 388 g/mol. The minimum absolute atomic E-state index is 0.111. The molecule has 0 unspecified atom stereocenters. The summed E-state index contributed by atoms with van der Waals surface area (Å²) >= 11 is 6.69. The van der Waals surface area contributed by atoms with E-state index in [9.17, 15) is 10.2 Å². The van der Waals surface area contributed by atoms with Crippen LogP contribution >= 0.6 is 31.9 Å². The molecule has 5 heteroatoms. The zero-order valence-corrected chi connectivity index (χ0v) is 13.1. The van der Waals surface area contributed by atoms with Gasteiger partial charge in [-0.25, -0.2) is 0 Å². The predicted molar refractivity (Wildman–Crippen MR) is 80.2 cm³/mol. The van der Waals surface area contributed by atoms with Crippen LogP contribution < -0.4 is 4.74 Å². The van der Waals surface area contributed by atoms with Crippen molar-refractivity contribution in [1.82, 2.24) is 0 Å². The van der Waals surface area contributed by atoms with E-state index in [1.807, 2.05) is 12.1 Å². The Bertz CT molecular complexity index is 533. The minimum Gasteiger partial charge on any atom is -0.457 e. The van der Waals surface area contributed by atoms with Gasteiger partial charge in [0, 0.05) is 20.1 Å². The Kier molecular flexibility index (Phi) is 4.99. The summed E-state index contributed by atoms with van der Waals surface area (Å²) in [4.78, 5) is 0. The maximum Gasteiger partial charge on any atom is 0.133 e. The van der Waals surface area contributed by atoms with Gasteiger partial charge >= 0.3 is 0 Å². The monoisotopic (exact) mass is 386 g/mol. The molecule has 0 aromatic heterocycles. The molecule has 3 nitrogen and oxygen atoms in total. The Morgan fingerprint density at radius 3 is 1.58 bits per heavy atom. The molecule has 0 saturated heterocycles. The molecule has 2 aromatic carbocycles. The van der Waals surface area contributed by atoms with Gasteiger partial charge in [-0.1, -0.05) is 31.9 Å². The van der Waals surface area contributed by atoms with Crippen molar-refractivity contribution in [3.63, 3.8) is 0 Å². The summed E-state index contributed by atoms with van der Waals surface area (Å²) in [5.41, 5.74) is 1.36. The number of halogens is 2. The van der Waals surface area contributed by atoms with Gasteiger partial charge in [0.15, 0.2) is 0 Å². The van der Waals surface area contributed by atoms with Crippen molar-refractivity contribution in [3.8, 4) is 11.5 Å². The first-order valence-electron chi connectivity index (χ1n) is 5.60. The SMILES string of the molecule is OCc1cc(Br)ccc1Oc1ccc(Br)cc1CO. The highest BCUT2D eigenvalue weighted by Gasteiger charge is 2.09. The second-order valence-electron chi connectivity index (χ2n) is 3.92. The second kappa shape index (κ2) is 6.52. The highest BCUT2D eigenvalue weighted by atomic mass is 79.9. The van der Waals surface area contributed by atoms with Crippen molar-refractivity contribution in [2.45, 2.75) is 13.2 Å². The van der Waals surface area contributed by atoms with Crippen LogP contribution in [0.5, 0.6) is 11.5 Å². The molecule has 0 radical (unpaired) electrons. The van der Waals surface area contributed by atoms with Crippen molar-refractivity contribution < 1.29 is 14.9 Å². The zero-order valence-electron chi connectivity index (χ0n) is 9.94. The first-order chi connectivity index (χ1) is 9.13. The standard InChI is InChI=1S/C14H12Br2O3/c15-11-1-3-13(9(5-11)7-17)19-14-4-2-12(16)6-10(14)8-18/h1-6,17-18H,7-8H2. The normalized spacial score (nSPS) is 10.5. The molecule has 0 atom stereocenters. The van der Waals surface area contributed by atoms with E-state index >= 15 is 0 Å². The van der Waals surface area contributed by atoms with Gasteiger partial charge < -0.3 is 14.9 Å². The molecule has 0 aliphatic rings. The predicted octanol–water partition coefficient (Wildman–Crippen LogP) is 3.99. The number of rotatable bonds is 4. The van der Waals surface area contributed by atoms with Gasteiger partial charge in [0.1, 0.15) is 11.5 Å². The summed E-state index contributed by atoms with van der Waals surface area (Å²) in [6.45, 7) is -0.223. The minimum atomic E-state index is -0.111. The third kappa shape index (κ3) is 3.57. The van der Waals surface area contributed by atoms with E-state index in [1.165, 1.54) is 0 Å². The highest BCUT2D eigenvalue weighted by Crippen LogP contribution is 2.31. The largest absolute Gasteiger partial charge is 0.457 e. The van der Waals surface area contributed by atoms with Crippen LogP contribution in [0.15, 0.2) is 45.3 Å². The summed E-state index contributed by atoms with van der Waals surface area (Å²) in [6.07, 6.45) is 0. The molecule has 0 saturated carbocycles. The summed E-state index contributed by atoms with van der Waals surface area (Å²) in [6, 6.07) is 10.8. The number of ether oxygens (including phenoxy) is 1. The van der Waals surface area contributed by atoms with Gasteiger partial charge in [-0.15, -0.1) is 0 Å². The molecule has 0 spiro atoms. The van der Waals surface area contributed by atoms with Crippen molar-refractivity contribution >= 4 is 31.9 Å². The molecule has 2 aromatic rings. The van der Waals surface area contributed by atoms with E-state index in [1.54, 1.807) is 24.3 Å². The van der Waals surface area contributed by atoms with Crippen molar-refractivity contribution in [2.75, 3.05) is 0 Å². The van der Waals surface area contributed by atoms with Gasteiger partial charge in [0.05, 0.1) is 13.2 Å². The third-order valence-corrected chi connectivity index (χ3v) is 3.59. The summed E-state index contributed by atoms with van der Waals surface area (Å²) in [7, 11) is 0. The van der Waals surface area contributed by atoms with Gasteiger partial charge in [-0.2, -0.15) is 0 Å². The lowest BCUT2D eigenvalue weighted by atomic mass is 10.2. The summed E-state index contributed by atoms with van der Waals surface area (Å²) < 4.78 is 7.52. The Labute approximate surface area is 128 Å². The molecule has 19 heavy (non-hydrogen) atoms. The van der Waals surface area contributed by atoms with Crippen LogP contribution in [0.1, 0.15) is 11.1 Å². The first kappa shape index (κ1) is 14.5. The van der Waals surface area contributed by atoms with E-state index in [4.69, 9.17) is 4.74 Å². The zero-order chi connectivity index (χ0) is 13.8. The molecule has 0 heterocycles. The van der Waals surface area contributed by atoms with Crippen LogP contribution in [-0.2, 0) is 13.2 Å². The third-order valence-electron chi connectivity index (χ3n) is 2.61. The molecular formula is C14H12Br2O3. The lowest BCUT2D eigenvalue weighted by Crippen LogP contribution is -1.95. The van der Waals surface area contributed by atoms with Gasteiger partial charge in [-0.05, 0) is 36.4 Å². The fourth-order valence-electron chi connectivity index (χ4n) is 1.66. The Hall–Kier alpha value is -0.880. The Balaban J connectivity index is 2.36. The maximum absolute atomic E-state index is 9.33. The van der Waals surface area contributed by atoms with E-state index in [0.717, 1.165) is 8.95 Å². The smallest absolute Gasteiger partial charge is 0.133 e. The number of hydrogen-bond donors (Lipinski definition) is 2. The Morgan fingerprint density at radius 2 is 1.21 bits per heavy atom. The van der Waals surface area contributed by atoms with Gasteiger partial charge in [0.25, 0.3) is 0 Å². The molecular weight excluding hydrogens is 376 g/mol. The van der Waals surface area contributed by atoms with E-state index in [-0.39, 0.29) is 13.2 Å². The van der Waals surface area contributed by atoms with Crippen LogP contribution in [0.3, 0.4) is 0 Å². The number of aliphatic hydroxyl groups is 2. The molecule has 2 N–H and O–H groups in total. The lowest BCUT2D eigenvalue weighted by molar-refractivity contribution is 0.270. The Morgan fingerprint density at radius 1 is 0.789 bits per heavy atom.